The second-order valence-corrected chi connectivity index (χ2v) is 12.5. The lowest BCUT2D eigenvalue weighted by Crippen LogP contribution is -2.50. The zero-order valence-corrected chi connectivity index (χ0v) is 25.6. The Morgan fingerprint density at radius 2 is 1.50 bits per heavy atom. The fraction of sp³-hybridized carbons (Fsp3) is 0.310. The van der Waals surface area contributed by atoms with E-state index in [1.165, 1.54) is 16.3 Å². The van der Waals surface area contributed by atoms with Crippen LogP contribution in [-0.2, 0) is 32.6 Å². The van der Waals surface area contributed by atoms with Crippen molar-refractivity contribution in [1.29, 1.82) is 0 Å². The molecule has 0 saturated heterocycles. The normalized spacial score (nSPS) is 12.1. The van der Waals surface area contributed by atoms with E-state index in [1.807, 2.05) is 30.3 Å². The molecule has 0 aliphatic carbocycles. The van der Waals surface area contributed by atoms with E-state index < -0.39 is 16.1 Å². The van der Waals surface area contributed by atoms with Crippen molar-refractivity contribution < 1.29 is 18.0 Å². The van der Waals surface area contributed by atoms with Gasteiger partial charge in [-0.3, -0.25) is 13.9 Å². The summed E-state index contributed by atoms with van der Waals surface area (Å²) in [5, 5.41) is 3.86. The Labute approximate surface area is 251 Å². The molecule has 2 amide bonds. The topological polar surface area (TPSA) is 86.8 Å². The van der Waals surface area contributed by atoms with Crippen LogP contribution >= 0.6 is 34.8 Å². The van der Waals surface area contributed by atoms with E-state index in [0.717, 1.165) is 11.8 Å². The van der Waals surface area contributed by atoms with Gasteiger partial charge in [-0.2, -0.15) is 0 Å². The maximum atomic E-state index is 13.8. The monoisotopic (exact) mass is 623 g/mol. The fourth-order valence-corrected chi connectivity index (χ4v) is 6.13. The summed E-state index contributed by atoms with van der Waals surface area (Å²) in [5.41, 5.74) is 2.47. The number of hydrogen-bond donors (Lipinski definition) is 1. The van der Waals surface area contributed by atoms with Gasteiger partial charge in [-0.1, -0.05) is 77.3 Å². The number of carbonyl (C=O) groups excluding carboxylic acids is 2. The Kier molecular flexibility index (Phi) is 11.3. The first-order valence-electron chi connectivity index (χ1n) is 12.6. The van der Waals surface area contributed by atoms with E-state index in [-0.39, 0.29) is 44.2 Å². The van der Waals surface area contributed by atoms with Gasteiger partial charge in [-0.25, -0.2) is 8.42 Å². The molecule has 0 saturated carbocycles. The molecular weight excluding hydrogens is 593 g/mol. The quantitative estimate of drug-likeness (QED) is 0.272. The van der Waals surface area contributed by atoms with Crippen LogP contribution in [0.25, 0.3) is 0 Å². The molecule has 0 bridgehead atoms. The second kappa shape index (κ2) is 14.2. The summed E-state index contributed by atoms with van der Waals surface area (Å²) in [6.07, 6.45) is 1.57. The molecule has 0 aromatic heterocycles. The maximum Gasteiger partial charge on any atom is 0.242 e. The highest BCUT2D eigenvalue weighted by Crippen LogP contribution is 2.30. The molecule has 3 rings (SSSR count). The Balaban J connectivity index is 1.91. The van der Waals surface area contributed by atoms with Gasteiger partial charge in [0.2, 0.25) is 21.8 Å². The van der Waals surface area contributed by atoms with Crippen molar-refractivity contribution in [3.8, 4) is 0 Å². The molecule has 40 heavy (non-hydrogen) atoms. The predicted molar refractivity (Wildman–Crippen MR) is 163 cm³/mol. The van der Waals surface area contributed by atoms with Crippen LogP contribution in [0.1, 0.15) is 29.5 Å². The third-order valence-corrected chi connectivity index (χ3v) is 8.87. The van der Waals surface area contributed by atoms with Gasteiger partial charge < -0.3 is 10.2 Å². The number of nitrogens with zero attached hydrogens (tertiary/aromatic N) is 2. The Hall–Kier alpha value is -2.78. The third kappa shape index (κ3) is 8.13. The van der Waals surface area contributed by atoms with Gasteiger partial charge in [-0.15, -0.1) is 0 Å². The average molecular weight is 625 g/mol. The van der Waals surface area contributed by atoms with Crippen LogP contribution in [0, 0.1) is 6.92 Å². The van der Waals surface area contributed by atoms with Gasteiger partial charge >= 0.3 is 0 Å². The average Bonchev–Trinajstić information content (AvgIpc) is 2.91. The number of nitrogens with one attached hydrogen (secondary N) is 1. The van der Waals surface area contributed by atoms with E-state index in [2.05, 4.69) is 5.32 Å². The van der Waals surface area contributed by atoms with Crippen LogP contribution < -0.4 is 9.62 Å². The fourth-order valence-electron chi connectivity index (χ4n) is 4.42. The van der Waals surface area contributed by atoms with Crippen molar-refractivity contribution in [3.05, 3.63) is 98.5 Å². The molecule has 214 valence electrons. The summed E-state index contributed by atoms with van der Waals surface area (Å²) >= 11 is 19.1. The minimum atomic E-state index is -3.66. The lowest BCUT2D eigenvalue weighted by atomic mass is 10.0. The van der Waals surface area contributed by atoms with E-state index >= 15 is 0 Å². The zero-order valence-electron chi connectivity index (χ0n) is 22.5. The number of sulfonamides is 1. The molecule has 0 spiro atoms. The van der Waals surface area contributed by atoms with Gasteiger partial charge in [-0.05, 0) is 48.7 Å². The second-order valence-electron chi connectivity index (χ2n) is 9.36. The van der Waals surface area contributed by atoms with E-state index in [1.54, 1.807) is 43.3 Å². The van der Waals surface area contributed by atoms with Crippen molar-refractivity contribution in [1.82, 2.24) is 10.2 Å². The molecule has 3 aromatic carbocycles. The molecule has 0 aliphatic rings. The predicted octanol–water partition coefficient (Wildman–Crippen LogP) is 5.89. The van der Waals surface area contributed by atoms with Crippen LogP contribution in [-0.4, -0.2) is 51.0 Å². The van der Waals surface area contributed by atoms with E-state index in [4.69, 9.17) is 34.8 Å². The molecule has 0 unspecified atom stereocenters. The van der Waals surface area contributed by atoms with Gasteiger partial charge in [0.25, 0.3) is 0 Å². The number of carbonyl (C=O) groups is 2. The van der Waals surface area contributed by atoms with Gasteiger partial charge in [0.05, 0.1) is 11.9 Å². The van der Waals surface area contributed by atoms with Gasteiger partial charge in [0, 0.05) is 53.6 Å². The summed E-state index contributed by atoms with van der Waals surface area (Å²) in [4.78, 5) is 28.4. The van der Waals surface area contributed by atoms with Crippen molar-refractivity contribution >= 4 is 62.3 Å². The van der Waals surface area contributed by atoms with Gasteiger partial charge in [0.15, 0.2) is 0 Å². The number of anilines is 1. The summed E-state index contributed by atoms with van der Waals surface area (Å²) in [6, 6.07) is 18.6. The molecule has 7 nitrogen and oxygen atoms in total. The Bertz CT molecular complexity index is 1430. The number of benzene rings is 3. The van der Waals surface area contributed by atoms with E-state index in [9.17, 15) is 18.0 Å². The van der Waals surface area contributed by atoms with Crippen LogP contribution in [0.4, 0.5) is 5.69 Å². The van der Waals surface area contributed by atoms with Crippen LogP contribution in [0.15, 0.2) is 66.7 Å². The molecule has 0 radical (unpaired) electrons. The first kappa shape index (κ1) is 31.7. The molecule has 0 aliphatic heterocycles. The number of rotatable bonds is 12. The van der Waals surface area contributed by atoms with Crippen molar-refractivity contribution in [2.45, 2.75) is 38.8 Å². The zero-order chi connectivity index (χ0) is 29.4. The third-order valence-electron chi connectivity index (χ3n) is 6.57. The Morgan fingerprint density at radius 3 is 2.10 bits per heavy atom. The minimum absolute atomic E-state index is 0.00541. The Morgan fingerprint density at radius 1 is 0.900 bits per heavy atom. The number of amides is 2. The lowest BCUT2D eigenvalue weighted by molar-refractivity contribution is -0.141. The highest BCUT2D eigenvalue weighted by atomic mass is 35.5. The highest BCUT2D eigenvalue weighted by Gasteiger charge is 2.31. The molecule has 3 aromatic rings. The standard InChI is InChI=1S/C29H32Cl3N3O4S/c1-20-23(30)12-8-15-26(20)35(40(3,38)39)17-9-16-28(36)34(19-22-24(31)13-7-14-25(22)32)27(29(37)33-2)18-21-10-5-4-6-11-21/h4-8,10-15,27H,9,16-19H2,1-3H3,(H,33,37)/t27-/m1/s1. The van der Waals surface area contributed by atoms with Crippen molar-refractivity contribution in [3.63, 3.8) is 0 Å². The van der Waals surface area contributed by atoms with Crippen LogP contribution in [0.3, 0.4) is 0 Å². The molecule has 0 heterocycles. The number of likely N-dealkylation sites (N-methyl/N-ethyl adjacent to an activating group) is 1. The largest absolute Gasteiger partial charge is 0.357 e. The highest BCUT2D eigenvalue weighted by molar-refractivity contribution is 7.92. The van der Waals surface area contributed by atoms with Crippen LogP contribution in [0.5, 0.6) is 0 Å². The van der Waals surface area contributed by atoms with Gasteiger partial charge in [0.1, 0.15) is 6.04 Å². The molecule has 1 atom stereocenters. The molecule has 0 fully saturated rings. The van der Waals surface area contributed by atoms with E-state index in [0.29, 0.717) is 31.9 Å². The number of halogens is 3. The summed E-state index contributed by atoms with van der Waals surface area (Å²) in [5.74, 6) is -0.676. The lowest BCUT2D eigenvalue weighted by Gasteiger charge is -2.32. The molecule has 1 N–H and O–H groups in total. The first-order valence-corrected chi connectivity index (χ1v) is 15.6. The first-order chi connectivity index (χ1) is 18.9. The van der Waals surface area contributed by atoms with Crippen LogP contribution in [0.2, 0.25) is 15.1 Å². The maximum absolute atomic E-state index is 13.8. The summed E-state index contributed by atoms with van der Waals surface area (Å²) in [6.45, 7) is 1.80. The minimum Gasteiger partial charge on any atom is -0.357 e. The SMILES string of the molecule is CNC(=O)[C@@H](Cc1ccccc1)N(Cc1c(Cl)cccc1Cl)C(=O)CCCN(c1cccc(Cl)c1C)S(C)(=O)=O. The van der Waals surface area contributed by atoms with Crippen molar-refractivity contribution in [2.24, 2.45) is 0 Å². The molecule has 11 heteroatoms. The summed E-state index contributed by atoms with van der Waals surface area (Å²) < 4.78 is 26.6. The summed E-state index contributed by atoms with van der Waals surface area (Å²) in [7, 11) is -2.14. The number of hydrogen-bond acceptors (Lipinski definition) is 4. The smallest absolute Gasteiger partial charge is 0.242 e. The molecular formula is C29H32Cl3N3O4S. The van der Waals surface area contributed by atoms with Crippen molar-refractivity contribution in [2.75, 3.05) is 24.2 Å².